The molecular weight excluding hydrogens is 138 g/mol. The molecule has 1 radical (unpaired) electrons. The van der Waals surface area contributed by atoms with Gasteiger partial charge in [0.25, 0.3) is 0 Å². The Labute approximate surface area is 68.7 Å². The second kappa shape index (κ2) is 9.38. The third-order valence-electron chi connectivity index (χ3n) is 1.55. The smallest absolute Gasteiger partial charge is 0.211 e. The molecule has 0 bridgehead atoms. The first-order valence-electron chi connectivity index (χ1n) is 4.27. The van der Waals surface area contributed by atoms with Crippen molar-refractivity contribution in [2.24, 2.45) is 4.99 Å². The molecule has 0 aromatic carbocycles. The second-order valence-electron chi connectivity index (χ2n) is 2.57. The van der Waals surface area contributed by atoms with Gasteiger partial charge >= 0.3 is 0 Å². The third-order valence-corrected chi connectivity index (χ3v) is 1.55. The average Bonchev–Trinajstić information content (AvgIpc) is 2.03. The van der Waals surface area contributed by atoms with Gasteiger partial charge in [0.15, 0.2) is 0 Å². The van der Waals surface area contributed by atoms with Gasteiger partial charge < -0.3 is 0 Å². The maximum absolute atomic E-state index is 9.63. The van der Waals surface area contributed by atoms with E-state index in [9.17, 15) is 4.79 Å². The van der Waals surface area contributed by atoms with Crippen LogP contribution in [0.2, 0.25) is 0 Å². The van der Waals surface area contributed by atoms with Gasteiger partial charge in [0.05, 0.1) is 6.54 Å². The Morgan fingerprint density at radius 3 is 2.82 bits per heavy atom. The lowest BCUT2D eigenvalue weighted by Crippen LogP contribution is -1.83. The number of hydrogen-bond acceptors (Lipinski definition) is 2. The van der Waals surface area contributed by atoms with Crippen LogP contribution in [0.25, 0.3) is 0 Å². The van der Waals surface area contributed by atoms with Crippen molar-refractivity contribution < 1.29 is 4.79 Å². The molecule has 0 saturated heterocycles. The minimum absolute atomic E-state index is 0.537. The van der Waals surface area contributed by atoms with Crippen LogP contribution in [0.15, 0.2) is 4.99 Å². The first-order valence-corrected chi connectivity index (χ1v) is 4.27. The maximum atomic E-state index is 9.63. The molecule has 0 aromatic heterocycles. The van der Waals surface area contributed by atoms with E-state index in [1.165, 1.54) is 31.8 Å². The lowest BCUT2D eigenvalue weighted by molar-refractivity contribution is 0.563. The van der Waals surface area contributed by atoms with Crippen molar-refractivity contribution in [2.45, 2.75) is 39.0 Å². The van der Waals surface area contributed by atoms with Crippen molar-refractivity contribution in [1.29, 1.82) is 0 Å². The SMILES string of the molecule is CCCCCC[CH]CN=C=O. The molecule has 0 unspecified atom stereocenters. The normalized spacial score (nSPS) is 9.18. The highest BCUT2D eigenvalue weighted by molar-refractivity contribution is 5.32. The summed E-state index contributed by atoms with van der Waals surface area (Å²) in [6, 6.07) is 0. The molecule has 0 aromatic rings. The van der Waals surface area contributed by atoms with Crippen LogP contribution in [0, 0.1) is 6.42 Å². The zero-order valence-electron chi connectivity index (χ0n) is 7.18. The zero-order valence-corrected chi connectivity index (χ0v) is 7.18. The third kappa shape index (κ3) is 9.38. The summed E-state index contributed by atoms with van der Waals surface area (Å²) in [6.07, 6.45) is 9.71. The van der Waals surface area contributed by atoms with E-state index >= 15 is 0 Å². The van der Waals surface area contributed by atoms with Crippen LogP contribution >= 0.6 is 0 Å². The van der Waals surface area contributed by atoms with Gasteiger partial charge in [0, 0.05) is 0 Å². The highest BCUT2D eigenvalue weighted by Crippen LogP contribution is 2.03. The average molecular weight is 154 g/mol. The molecule has 0 rings (SSSR count). The summed E-state index contributed by atoms with van der Waals surface area (Å²) in [7, 11) is 0. The van der Waals surface area contributed by atoms with Crippen LogP contribution in [0.5, 0.6) is 0 Å². The van der Waals surface area contributed by atoms with Gasteiger partial charge in [-0.1, -0.05) is 32.6 Å². The minimum Gasteiger partial charge on any atom is -0.211 e. The molecular formula is C9H16NO. The monoisotopic (exact) mass is 154 g/mol. The number of hydrogen-bond donors (Lipinski definition) is 0. The van der Waals surface area contributed by atoms with Gasteiger partial charge in [-0.25, -0.2) is 9.79 Å². The standard InChI is InChI=1S/C9H16NO/c1-2-3-4-5-6-7-8-10-9-11/h7H,2-6,8H2,1H3. The Morgan fingerprint density at radius 2 is 2.18 bits per heavy atom. The van der Waals surface area contributed by atoms with E-state index in [0.717, 1.165) is 6.42 Å². The number of carbonyl (C=O) groups excluding carboxylic acids is 1. The van der Waals surface area contributed by atoms with Crippen LogP contribution in [-0.4, -0.2) is 12.6 Å². The molecule has 2 nitrogen and oxygen atoms in total. The molecule has 0 N–H and O–H groups in total. The molecule has 63 valence electrons. The fourth-order valence-electron chi connectivity index (χ4n) is 0.909. The zero-order chi connectivity index (χ0) is 8.36. The molecule has 0 saturated carbocycles. The predicted molar refractivity (Wildman–Crippen MR) is 46.0 cm³/mol. The Bertz CT molecular complexity index is 117. The fraction of sp³-hybridized carbons (Fsp3) is 0.778. The van der Waals surface area contributed by atoms with Gasteiger partial charge in [-0.3, -0.25) is 0 Å². The number of isocyanates is 1. The Kier molecular flexibility index (Phi) is 8.85. The summed E-state index contributed by atoms with van der Waals surface area (Å²) in [6.45, 7) is 2.73. The first kappa shape index (κ1) is 10.4. The molecule has 2 heteroatoms. The van der Waals surface area contributed by atoms with Gasteiger partial charge in [-0.15, -0.1) is 0 Å². The largest absolute Gasteiger partial charge is 0.234 e. The molecule has 0 aliphatic rings. The van der Waals surface area contributed by atoms with E-state index in [1.807, 2.05) is 6.42 Å². The quantitative estimate of drug-likeness (QED) is 0.315. The van der Waals surface area contributed by atoms with Crippen molar-refractivity contribution in [3.05, 3.63) is 6.42 Å². The molecule has 0 aliphatic carbocycles. The van der Waals surface area contributed by atoms with Gasteiger partial charge in [0.1, 0.15) is 0 Å². The topological polar surface area (TPSA) is 29.4 Å². The summed E-state index contributed by atoms with van der Waals surface area (Å²) in [5.41, 5.74) is 0. The van der Waals surface area contributed by atoms with Crippen molar-refractivity contribution in [1.82, 2.24) is 0 Å². The molecule has 11 heavy (non-hydrogen) atoms. The Hall–Kier alpha value is -0.620. The van der Waals surface area contributed by atoms with Crippen molar-refractivity contribution >= 4 is 6.08 Å². The number of unbranched alkanes of at least 4 members (excludes halogenated alkanes) is 5. The summed E-state index contributed by atoms with van der Waals surface area (Å²) < 4.78 is 0. The summed E-state index contributed by atoms with van der Waals surface area (Å²) in [5.74, 6) is 0. The summed E-state index contributed by atoms with van der Waals surface area (Å²) >= 11 is 0. The number of nitrogens with zero attached hydrogens (tertiary/aromatic N) is 1. The Morgan fingerprint density at radius 1 is 1.36 bits per heavy atom. The van der Waals surface area contributed by atoms with Crippen LogP contribution in [-0.2, 0) is 4.79 Å². The number of aliphatic imine (C=N–C) groups is 1. The van der Waals surface area contributed by atoms with Crippen LogP contribution in [0.4, 0.5) is 0 Å². The highest BCUT2D eigenvalue weighted by atomic mass is 16.1. The fourth-order valence-corrected chi connectivity index (χ4v) is 0.909. The van der Waals surface area contributed by atoms with E-state index in [1.54, 1.807) is 0 Å². The van der Waals surface area contributed by atoms with Gasteiger partial charge in [0.2, 0.25) is 6.08 Å². The minimum atomic E-state index is 0.537. The van der Waals surface area contributed by atoms with E-state index in [4.69, 9.17) is 0 Å². The van der Waals surface area contributed by atoms with Crippen LogP contribution in [0.3, 0.4) is 0 Å². The van der Waals surface area contributed by atoms with Crippen LogP contribution < -0.4 is 0 Å². The van der Waals surface area contributed by atoms with E-state index in [2.05, 4.69) is 11.9 Å². The van der Waals surface area contributed by atoms with E-state index < -0.39 is 0 Å². The number of rotatable bonds is 7. The lowest BCUT2D eigenvalue weighted by atomic mass is 10.1. The van der Waals surface area contributed by atoms with Gasteiger partial charge in [-0.2, -0.15) is 0 Å². The van der Waals surface area contributed by atoms with E-state index in [0.29, 0.717) is 6.54 Å². The second-order valence-corrected chi connectivity index (χ2v) is 2.57. The molecule has 0 atom stereocenters. The first-order chi connectivity index (χ1) is 5.41. The molecule has 0 amide bonds. The van der Waals surface area contributed by atoms with Crippen molar-refractivity contribution in [3.63, 3.8) is 0 Å². The Balaban J connectivity index is 2.84. The molecule has 0 fully saturated rings. The highest BCUT2D eigenvalue weighted by Gasteiger charge is 1.88. The van der Waals surface area contributed by atoms with Gasteiger partial charge in [-0.05, 0) is 12.8 Å². The molecule has 0 heterocycles. The summed E-state index contributed by atoms with van der Waals surface area (Å²) in [4.78, 5) is 13.1. The molecule has 0 spiro atoms. The molecule has 0 aliphatic heterocycles. The van der Waals surface area contributed by atoms with Crippen LogP contribution in [0.1, 0.15) is 39.0 Å². The van der Waals surface area contributed by atoms with E-state index in [-0.39, 0.29) is 0 Å². The summed E-state index contributed by atoms with van der Waals surface area (Å²) in [5, 5.41) is 0. The van der Waals surface area contributed by atoms with Crippen molar-refractivity contribution in [2.75, 3.05) is 6.54 Å². The lowest BCUT2D eigenvalue weighted by Gasteiger charge is -1.95. The predicted octanol–water partition coefficient (Wildman–Crippen LogP) is 2.50. The maximum Gasteiger partial charge on any atom is 0.234 e. The van der Waals surface area contributed by atoms with Crippen molar-refractivity contribution in [3.8, 4) is 0 Å².